The Morgan fingerprint density at radius 1 is 0.942 bits per heavy atom. The van der Waals surface area contributed by atoms with Gasteiger partial charge in [-0.15, -0.1) is 11.3 Å². The second-order valence-corrected chi connectivity index (χ2v) is 13.2. The molecular weight excluding hydrogens is 690 g/mol. The van der Waals surface area contributed by atoms with Crippen molar-refractivity contribution >= 4 is 34.1 Å². The minimum absolute atomic E-state index is 0.0482. The number of aromatic amines is 1. The maximum Gasteiger partial charge on any atom is 0.345 e. The van der Waals surface area contributed by atoms with Crippen LogP contribution in [0.25, 0.3) is 21.3 Å². The Morgan fingerprint density at radius 3 is 2.46 bits per heavy atom. The van der Waals surface area contributed by atoms with Crippen LogP contribution in [0.3, 0.4) is 0 Å². The molecule has 52 heavy (non-hydrogen) atoms. The van der Waals surface area contributed by atoms with Gasteiger partial charge in [0.2, 0.25) is 11.2 Å². The number of aliphatic hydroxyl groups excluding tert-OH is 1. The van der Waals surface area contributed by atoms with Crippen LogP contribution >= 0.6 is 11.3 Å². The first kappa shape index (κ1) is 35.9. The van der Waals surface area contributed by atoms with E-state index < -0.39 is 35.0 Å². The first-order valence-corrected chi connectivity index (χ1v) is 16.9. The van der Waals surface area contributed by atoms with Crippen molar-refractivity contribution in [3.63, 3.8) is 0 Å². The maximum absolute atomic E-state index is 15.3. The number of carboxylic acids is 1. The van der Waals surface area contributed by atoms with Crippen molar-refractivity contribution in [2.24, 2.45) is 0 Å². The number of phenolic OH excluding ortho intramolecular Hbond substituents is 1. The Bertz CT molecular complexity index is 2330. The largest absolute Gasteiger partial charge is 0.506 e. The van der Waals surface area contributed by atoms with Gasteiger partial charge in [0.25, 0.3) is 5.91 Å². The van der Waals surface area contributed by atoms with E-state index in [0.717, 1.165) is 9.75 Å². The van der Waals surface area contributed by atoms with Crippen molar-refractivity contribution in [2.45, 2.75) is 24.8 Å². The molecule has 2 aromatic heterocycles. The molecule has 13 heteroatoms. The normalized spacial score (nSPS) is 13.0. The number of aromatic hydroxyl groups is 1. The van der Waals surface area contributed by atoms with E-state index in [0.29, 0.717) is 22.1 Å². The zero-order chi connectivity index (χ0) is 37.0. The summed E-state index contributed by atoms with van der Waals surface area (Å²) in [6.45, 7) is 0.238. The number of aliphatic hydroxyl groups is 2. The van der Waals surface area contributed by atoms with Crippen molar-refractivity contribution in [1.29, 1.82) is 0 Å². The minimum Gasteiger partial charge on any atom is -0.506 e. The van der Waals surface area contributed by atoms with Gasteiger partial charge < -0.3 is 40.8 Å². The third kappa shape index (κ3) is 7.29. The van der Waals surface area contributed by atoms with Gasteiger partial charge in [-0.1, -0.05) is 54.6 Å². The molecular formula is C39H34FN3O8S. The zero-order valence-corrected chi connectivity index (χ0v) is 28.5. The van der Waals surface area contributed by atoms with Crippen LogP contribution in [0.1, 0.15) is 43.6 Å². The molecule has 0 unspecified atom stereocenters. The summed E-state index contributed by atoms with van der Waals surface area (Å²) >= 11 is 1.35. The van der Waals surface area contributed by atoms with Crippen LogP contribution in [0, 0.1) is 5.82 Å². The quantitative estimate of drug-likeness (QED) is 0.0845. The number of H-pyrrole nitrogens is 1. The van der Waals surface area contributed by atoms with Crippen molar-refractivity contribution in [3.8, 4) is 21.9 Å². The van der Waals surface area contributed by atoms with Crippen molar-refractivity contribution in [3.05, 3.63) is 152 Å². The number of hydrogen-bond acceptors (Lipinski definition) is 9. The van der Waals surface area contributed by atoms with Crippen LogP contribution in [-0.2, 0) is 23.5 Å². The standard InChI is InChI=1S/C39H34FN3O8S/c1-51-33-18-29(30(40)17-23(33)19-41-21-32(45)27-11-13-31(44)36-28(27)12-15-35(46)43-36)37(47)42-20-26-10-14-34(52-26)22-6-5-9-25(16-22)39(50,38(48)49)24-7-3-2-4-8-24/h2-18,32,41,44-45,50H,19-21H2,1H3,(H,42,47)(H,43,46)(H,48,49)/t32-,39-/m0/s1. The summed E-state index contributed by atoms with van der Waals surface area (Å²) in [7, 11) is 1.40. The molecule has 4 aromatic carbocycles. The molecule has 1 amide bonds. The van der Waals surface area contributed by atoms with E-state index in [9.17, 15) is 34.8 Å². The summed E-state index contributed by atoms with van der Waals surface area (Å²) in [5.74, 6) is -2.69. The van der Waals surface area contributed by atoms with Crippen LogP contribution in [0.5, 0.6) is 11.5 Å². The monoisotopic (exact) mass is 723 g/mol. The van der Waals surface area contributed by atoms with E-state index >= 15 is 4.39 Å². The van der Waals surface area contributed by atoms with Gasteiger partial charge in [-0.25, -0.2) is 9.18 Å². The summed E-state index contributed by atoms with van der Waals surface area (Å²) < 4.78 is 20.7. The summed E-state index contributed by atoms with van der Waals surface area (Å²) in [4.78, 5) is 41.1. The number of benzene rings is 4. The van der Waals surface area contributed by atoms with Gasteiger partial charge in [0.1, 0.15) is 17.3 Å². The lowest BCUT2D eigenvalue weighted by molar-refractivity contribution is -0.155. The second kappa shape index (κ2) is 15.2. The predicted molar refractivity (Wildman–Crippen MR) is 194 cm³/mol. The summed E-state index contributed by atoms with van der Waals surface area (Å²) in [5.41, 5.74) is -0.678. The highest BCUT2D eigenvalue weighted by Crippen LogP contribution is 2.35. The first-order chi connectivity index (χ1) is 25.0. The molecule has 0 fully saturated rings. The van der Waals surface area contributed by atoms with E-state index in [1.807, 2.05) is 6.07 Å². The Labute approximate surface area is 300 Å². The highest BCUT2D eigenvalue weighted by molar-refractivity contribution is 7.15. The maximum atomic E-state index is 15.3. The smallest absolute Gasteiger partial charge is 0.345 e. The third-order valence-electron chi connectivity index (χ3n) is 8.68. The van der Waals surface area contributed by atoms with E-state index in [1.54, 1.807) is 66.7 Å². The van der Waals surface area contributed by atoms with Crippen LogP contribution in [0.15, 0.2) is 108 Å². The molecule has 6 rings (SSSR count). The van der Waals surface area contributed by atoms with Crippen LogP contribution < -0.4 is 20.9 Å². The van der Waals surface area contributed by atoms with Gasteiger partial charge in [-0.05, 0) is 59.2 Å². The Morgan fingerprint density at radius 2 is 1.71 bits per heavy atom. The van der Waals surface area contributed by atoms with Gasteiger partial charge >= 0.3 is 5.97 Å². The van der Waals surface area contributed by atoms with Gasteiger partial charge in [0.05, 0.1) is 30.8 Å². The summed E-state index contributed by atoms with van der Waals surface area (Å²) in [6.07, 6.45) is -1.03. The molecule has 2 heterocycles. The minimum atomic E-state index is -2.25. The Balaban J connectivity index is 1.10. The molecule has 2 atom stereocenters. The number of aliphatic carboxylic acids is 1. The summed E-state index contributed by atoms with van der Waals surface area (Å²) in [6, 6.07) is 26.7. The highest BCUT2D eigenvalue weighted by atomic mass is 32.1. The molecule has 266 valence electrons. The number of thiophene rings is 1. The molecule has 0 saturated heterocycles. The fraction of sp³-hybridized carbons (Fsp3) is 0.154. The van der Waals surface area contributed by atoms with Crippen LogP contribution in [-0.4, -0.2) is 50.9 Å². The number of carboxylic acid groups (broad SMARTS) is 1. The predicted octanol–water partition coefficient (Wildman–Crippen LogP) is 5.18. The van der Waals surface area contributed by atoms with Crippen LogP contribution in [0.2, 0.25) is 0 Å². The third-order valence-corrected chi connectivity index (χ3v) is 9.82. The fourth-order valence-corrected chi connectivity index (χ4v) is 6.92. The molecule has 0 radical (unpaired) electrons. The first-order valence-electron chi connectivity index (χ1n) is 16.1. The second-order valence-electron chi connectivity index (χ2n) is 12.0. The molecule has 0 saturated carbocycles. The Kier molecular flexibility index (Phi) is 10.5. The van der Waals surface area contributed by atoms with Crippen molar-refractivity contribution < 1.29 is 39.1 Å². The number of nitrogens with one attached hydrogen (secondary N) is 3. The molecule has 0 aliphatic rings. The number of hydrogen-bond donors (Lipinski definition) is 7. The lowest BCUT2D eigenvalue weighted by atomic mass is 9.85. The molecule has 6 aromatic rings. The molecule has 0 aliphatic heterocycles. The van der Waals surface area contributed by atoms with E-state index in [4.69, 9.17) is 4.74 Å². The number of ether oxygens (including phenoxy) is 1. The molecule has 0 spiro atoms. The summed E-state index contributed by atoms with van der Waals surface area (Å²) in [5, 5.41) is 48.5. The van der Waals surface area contributed by atoms with Gasteiger partial charge in [-0.2, -0.15) is 0 Å². The van der Waals surface area contributed by atoms with Crippen molar-refractivity contribution in [2.75, 3.05) is 13.7 Å². The molecule has 0 aliphatic carbocycles. The van der Waals surface area contributed by atoms with Gasteiger partial charge in [-0.3, -0.25) is 9.59 Å². The topological polar surface area (TPSA) is 181 Å². The molecule has 7 N–H and O–H groups in total. The molecule has 11 nitrogen and oxygen atoms in total. The number of carbonyl (C=O) groups excluding carboxylic acids is 1. The average Bonchev–Trinajstić information content (AvgIpc) is 3.63. The number of phenols is 1. The average molecular weight is 724 g/mol. The number of rotatable bonds is 13. The highest BCUT2D eigenvalue weighted by Gasteiger charge is 2.40. The number of fused-ring (bicyclic) bond motifs is 1. The number of halogens is 1. The van der Waals surface area contributed by atoms with E-state index in [1.165, 1.54) is 48.8 Å². The molecule has 0 bridgehead atoms. The van der Waals surface area contributed by atoms with E-state index in [-0.39, 0.29) is 53.3 Å². The number of carbonyl (C=O) groups is 2. The van der Waals surface area contributed by atoms with Crippen LogP contribution in [0.4, 0.5) is 4.39 Å². The number of aromatic nitrogens is 1. The number of pyridine rings is 1. The van der Waals surface area contributed by atoms with Crippen molar-refractivity contribution in [1.82, 2.24) is 15.6 Å². The van der Waals surface area contributed by atoms with E-state index in [2.05, 4.69) is 15.6 Å². The number of methoxy groups -OCH3 is 1. The Hall–Kier alpha value is -5.86. The lowest BCUT2D eigenvalue weighted by Gasteiger charge is -2.25. The zero-order valence-electron chi connectivity index (χ0n) is 27.7. The lowest BCUT2D eigenvalue weighted by Crippen LogP contribution is -2.36. The van der Waals surface area contributed by atoms with Gasteiger partial charge in [0, 0.05) is 45.4 Å². The number of amides is 1. The fourth-order valence-electron chi connectivity index (χ4n) is 5.98. The SMILES string of the molecule is COc1cc(C(=O)NCc2ccc(-c3cccc([C@](O)(C(=O)O)c4ccccc4)c3)s2)c(F)cc1CNC[C@H](O)c1ccc(O)c2[nH]c(=O)ccc12. The van der Waals surface area contributed by atoms with Gasteiger partial charge in [0.15, 0.2) is 0 Å².